The molecular formula is C21H8Br2F6N2O3. The van der Waals surface area contributed by atoms with Gasteiger partial charge in [-0.2, -0.15) is 26.3 Å². The van der Waals surface area contributed by atoms with E-state index in [2.05, 4.69) is 51.2 Å². The average molecular weight is 610 g/mol. The fraction of sp³-hybridized carbons (Fsp3) is 0.0952. The molecule has 0 atom stereocenters. The van der Waals surface area contributed by atoms with E-state index in [9.17, 15) is 31.1 Å². The number of nitrogens with zero attached hydrogens (tertiary/aromatic N) is 2. The third-order valence-corrected chi connectivity index (χ3v) is 6.00. The van der Waals surface area contributed by atoms with Crippen molar-refractivity contribution in [2.24, 2.45) is 0 Å². The highest BCUT2D eigenvalue weighted by molar-refractivity contribution is 9.11. The van der Waals surface area contributed by atoms with Gasteiger partial charge >= 0.3 is 12.4 Å². The van der Waals surface area contributed by atoms with Gasteiger partial charge in [-0.05, 0) is 12.1 Å². The SMILES string of the molecule is O=C(c1onc(-c2ccccc2Br)c1C(F)(F)F)c1onc(-c2ccccc2Br)c1C(F)(F)F. The van der Waals surface area contributed by atoms with Crippen LogP contribution in [0.15, 0.2) is 66.5 Å². The van der Waals surface area contributed by atoms with Crippen LogP contribution in [0.2, 0.25) is 0 Å². The van der Waals surface area contributed by atoms with Gasteiger partial charge in [0.15, 0.2) is 0 Å². The van der Waals surface area contributed by atoms with E-state index in [1.165, 1.54) is 48.5 Å². The second-order valence-corrected chi connectivity index (χ2v) is 8.46. The summed E-state index contributed by atoms with van der Waals surface area (Å²) in [6.07, 6.45) is -10.4. The molecule has 0 aliphatic carbocycles. The minimum atomic E-state index is -5.20. The van der Waals surface area contributed by atoms with Gasteiger partial charge in [0, 0.05) is 20.1 Å². The molecule has 0 bridgehead atoms. The lowest BCUT2D eigenvalue weighted by Crippen LogP contribution is -2.16. The van der Waals surface area contributed by atoms with Crippen molar-refractivity contribution in [1.29, 1.82) is 0 Å². The monoisotopic (exact) mass is 608 g/mol. The molecule has 0 aliphatic rings. The quantitative estimate of drug-likeness (QED) is 0.174. The van der Waals surface area contributed by atoms with Gasteiger partial charge in [-0.1, -0.05) is 78.6 Å². The van der Waals surface area contributed by atoms with Crippen molar-refractivity contribution in [3.63, 3.8) is 0 Å². The Morgan fingerprint density at radius 1 is 0.676 bits per heavy atom. The Morgan fingerprint density at radius 3 is 1.35 bits per heavy atom. The number of carbonyl (C=O) groups excluding carboxylic acids is 1. The van der Waals surface area contributed by atoms with E-state index >= 15 is 0 Å². The Hall–Kier alpha value is -2.93. The first-order valence-electron chi connectivity index (χ1n) is 9.09. The molecule has 0 spiro atoms. The highest BCUT2D eigenvalue weighted by Crippen LogP contribution is 2.45. The van der Waals surface area contributed by atoms with Gasteiger partial charge in [-0.3, -0.25) is 4.79 Å². The molecule has 4 rings (SSSR count). The molecule has 0 saturated heterocycles. The summed E-state index contributed by atoms with van der Waals surface area (Å²) in [4.78, 5) is 12.9. The largest absolute Gasteiger partial charge is 0.422 e. The van der Waals surface area contributed by atoms with E-state index in [4.69, 9.17) is 0 Å². The number of hydrogen-bond acceptors (Lipinski definition) is 5. The maximum absolute atomic E-state index is 14.0. The molecule has 0 unspecified atom stereocenters. The fourth-order valence-electron chi connectivity index (χ4n) is 3.19. The first-order valence-corrected chi connectivity index (χ1v) is 10.7. The Balaban J connectivity index is 1.93. The smallest absolute Gasteiger partial charge is 0.351 e. The Kier molecular flexibility index (Phi) is 6.19. The summed E-state index contributed by atoms with van der Waals surface area (Å²) in [5, 5.41) is 6.67. The van der Waals surface area contributed by atoms with Crippen LogP contribution < -0.4 is 0 Å². The highest BCUT2D eigenvalue weighted by atomic mass is 79.9. The van der Waals surface area contributed by atoms with Crippen molar-refractivity contribution in [1.82, 2.24) is 10.3 Å². The number of aromatic nitrogens is 2. The van der Waals surface area contributed by atoms with Gasteiger partial charge in [0.25, 0.3) is 5.78 Å². The number of hydrogen-bond donors (Lipinski definition) is 0. The third-order valence-electron chi connectivity index (χ3n) is 4.62. The molecule has 13 heteroatoms. The zero-order valence-electron chi connectivity index (χ0n) is 16.3. The summed E-state index contributed by atoms with van der Waals surface area (Å²) in [7, 11) is 0. The van der Waals surface area contributed by atoms with Crippen molar-refractivity contribution < 1.29 is 40.2 Å². The van der Waals surface area contributed by atoms with E-state index in [0.29, 0.717) is 0 Å². The van der Waals surface area contributed by atoms with Gasteiger partial charge in [-0.25, -0.2) is 0 Å². The number of carbonyl (C=O) groups is 1. The second-order valence-electron chi connectivity index (χ2n) is 6.75. The molecule has 0 radical (unpaired) electrons. The van der Waals surface area contributed by atoms with Gasteiger partial charge in [0.1, 0.15) is 22.5 Å². The summed E-state index contributed by atoms with van der Waals surface area (Å²) in [6.45, 7) is 0. The molecule has 5 nitrogen and oxygen atoms in total. The normalized spacial score (nSPS) is 12.2. The van der Waals surface area contributed by atoms with Crippen LogP contribution >= 0.6 is 31.9 Å². The molecule has 0 aliphatic heterocycles. The average Bonchev–Trinajstić information content (AvgIpc) is 3.39. The Morgan fingerprint density at radius 2 is 1.03 bits per heavy atom. The standard InChI is InChI=1S/C21H8Br2F6N2O3/c22-11-7-3-1-5-9(11)15-13(20(24,25)26)18(33-30-15)17(32)19-14(21(27,28)29)16(31-34-19)10-6-2-4-8-12(10)23/h1-8H. The van der Waals surface area contributed by atoms with E-state index in [0.717, 1.165) is 0 Å². The molecule has 2 aromatic heterocycles. The van der Waals surface area contributed by atoms with Gasteiger partial charge in [0.2, 0.25) is 11.5 Å². The highest BCUT2D eigenvalue weighted by Gasteiger charge is 2.48. The lowest BCUT2D eigenvalue weighted by molar-refractivity contribution is -0.138. The molecule has 0 fully saturated rings. The molecule has 2 heterocycles. The van der Waals surface area contributed by atoms with E-state index in [1.54, 1.807) is 0 Å². The first-order chi connectivity index (χ1) is 15.9. The van der Waals surface area contributed by atoms with E-state index in [1.807, 2.05) is 0 Å². The summed E-state index contributed by atoms with van der Waals surface area (Å²) in [5.41, 5.74) is -5.00. The Bertz CT molecular complexity index is 1290. The van der Waals surface area contributed by atoms with Crippen LogP contribution in [0.1, 0.15) is 27.4 Å². The summed E-state index contributed by atoms with van der Waals surface area (Å²) in [5.74, 6) is -4.73. The zero-order chi connectivity index (χ0) is 24.8. The van der Waals surface area contributed by atoms with Crippen molar-refractivity contribution in [3.8, 4) is 22.5 Å². The molecule has 0 saturated carbocycles. The van der Waals surface area contributed by atoms with Gasteiger partial charge < -0.3 is 9.05 Å². The van der Waals surface area contributed by atoms with Crippen molar-refractivity contribution >= 4 is 37.6 Å². The molecule has 176 valence electrons. The molecule has 0 N–H and O–H groups in total. The molecule has 34 heavy (non-hydrogen) atoms. The fourth-order valence-corrected chi connectivity index (χ4v) is 4.14. The minimum absolute atomic E-state index is 0.0832. The van der Waals surface area contributed by atoms with Gasteiger partial charge in [-0.15, -0.1) is 0 Å². The lowest BCUT2D eigenvalue weighted by Gasteiger charge is -2.10. The van der Waals surface area contributed by atoms with E-state index in [-0.39, 0.29) is 20.1 Å². The predicted molar refractivity (Wildman–Crippen MR) is 113 cm³/mol. The van der Waals surface area contributed by atoms with Crippen LogP contribution in [-0.2, 0) is 12.4 Å². The maximum Gasteiger partial charge on any atom is 0.422 e. The van der Waals surface area contributed by atoms with Crippen LogP contribution in [0.5, 0.6) is 0 Å². The number of benzene rings is 2. The lowest BCUT2D eigenvalue weighted by atomic mass is 10.00. The van der Waals surface area contributed by atoms with Crippen LogP contribution in [0, 0.1) is 0 Å². The molecule has 0 amide bonds. The number of alkyl halides is 6. The summed E-state index contributed by atoms with van der Waals surface area (Å²) >= 11 is 6.17. The minimum Gasteiger partial charge on any atom is -0.351 e. The molecule has 2 aromatic carbocycles. The molecule has 4 aromatic rings. The van der Waals surface area contributed by atoms with Crippen molar-refractivity contribution in [2.75, 3.05) is 0 Å². The number of rotatable bonds is 4. The summed E-state index contributed by atoms with van der Waals surface area (Å²) in [6, 6.07) is 11.3. The van der Waals surface area contributed by atoms with Crippen LogP contribution in [0.3, 0.4) is 0 Å². The van der Waals surface area contributed by atoms with Crippen molar-refractivity contribution in [2.45, 2.75) is 12.4 Å². The maximum atomic E-state index is 14.0. The Labute approximate surface area is 203 Å². The third kappa shape index (κ3) is 4.29. The van der Waals surface area contributed by atoms with E-state index < -0.39 is 52.2 Å². The molecular weight excluding hydrogens is 602 g/mol. The van der Waals surface area contributed by atoms with Crippen LogP contribution in [0.25, 0.3) is 22.5 Å². The predicted octanol–water partition coefficient (Wildman–Crippen LogP) is 7.79. The number of ketones is 1. The topological polar surface area (TPSA) is 69.1 Å². The zero-order valence-corrected chi connectivity index (χ0v) is 19.4. The van der Waals surface area contributed by atoms with Crippen molar-refractivity contribution in [3.05, 3.63) is 80.1 Å². The van der Waals surface area contributed by atoms with Gasteiger partial charge in [0.05, 0.1) is 0 Å². The van der Waals surface area contributed by atoms with Crippen LogP contribution in [-0.4, -0.2) is 16.1 Å². The summed E-state index contributed by atoms with van der Waals surface area (Å²) < 4.78 is 93.4. The second kappa shape index (κ2) is 8.69. The first kappa shape index (κ1) is 24.2. The van der Waals surface area contributed by atoms with Crippen LogP contribution in [0.4, 0.5) is 26.3 Å². The number of halogens is 8.